The number of aromatic amines is 1. The quantitative estimate of drug-likeness (QED) is 0.492. The topological polar surface area (TPSA) is 122 Å². The zero-order valence-corrected chi connectivity index (χ0v) is 16.0. The molecule has 0 unspecified atom stereocenters. The molecule has 1 amide bonds. The maximum Gasteiger partial charge on any atom is 0.263 e. The van der Waals surface area contributed by atoms with E-state index in [1.165, 1.54) is 12.3 Å². The molecule has 5 rings (SSSR count). The van der Waals surface area contributed by atoms with E-state index in [0.717, 1.165) is 12.6 Å². The Hall–Kier alpha value is -3.96. The average Bonchev–Trinajstić information content (AvgIpc) is 3.40. The fourth-order valence-corrected chi connectivity index (χ4v) is 3.77. The van der Waals surface area contributed by atoms with Gasteiger partial charge in [-0.1, -0.05) is 5.16 Å². The van der Waals surface area contributed by atoms with Crippen LogP contribution in [0.5, 0.6) is 0 Å². The predicted octanol–water partition coefficient (Wildman–Crippen LogP) is 1.75. The molecule has 0 aromatic carbocycles. The summed E-state index contributed by atoms with van der Waals surface area (Å²) in [6, 6.07) is 2.16. The molecule has 10 nitrogen and oxygen atoms in total. The highest BCUT2D eigenvalue weighted by atomic mass is 19.1. The number of carbonyl (C=O) groups is 1. The van der Waals surface area contributed by atoms with Gasteiger partial charge in [0.25, 0.3) is 11.4 Å². The summed E-state index contributed by atoms with van der Waals surface area (Å²) in [5, 5.41) is 8.07. The van der Waals surface area contributed by atoms with E-state index in [1.807, 2.05) is 0 Å². The van der Waals surface area contributed by atoms with Crippen LogP contribution in [0.3, 0.4) is 0 Å². The lowest BCUT2D eigenvalue weighted by Gasteiger charge is -2.29. The molecule has 0 bridgehead atoms. The minimum Gasteiger partial charge on any atom is -0.345 e. The van der Waals surface area contributed by atoms with Crippen molar-refractivity contribution in [3.63, 3.8) is 0 Å². The standard InChI is InChI=1S/C19H15F2N7O3/c20-11-5-13(21)16(22-7-11)17-25-19(31-26-17)12-8-23-28-14(6-15(30)24-18(12)28)10-1-3-27(9-29)4-2-10/h5-10H,1-4H2,(H,24,30). The van der Waals surface area contributed by atoms with Crippen molar-refractivity contribution in [1.82, 2.24) is 34.6 Å². The molecule has 0 aliphatic carbocycles. The maximum absolute atomic E-state index is 14.0. The number of nitrogens with one attached hydrogen (secondary N) is 1. The lowest BCUT2D eigenvalue weighted by atomic mass is 9.93. The summed E-state index contributed by atoms with van der Waals surface area (Å²) in [5.74, 6) is -1.86. The molecular formula is C19H15F2N7O3. The zero-order chi connectivity index (χ0) is 21.5. The first-order chi connectivity index (χ1) is 15.0. The second-order valence-electron chi connectivity index (χ2n) is 7.20. The highest BCUT2D eigenvalue weighted by Gasteiger charge is 2.25. The van der Waals surface area contributed by atoms with E-state index < -0.39 is 11.6 Å². The number of halogens is 2. The summed E-state index contributed by atoms with van der Waals surface area (Å²) in [6.07, 6.45) is 4.53. The normalized spacial score (nSPS) is 15.0. The van der Waals surface area contributed by atoms with Gasteiger partial charge < -0.3 is 14.4 Å². The van der Waals surface area contributed by atoms with Crippen LogP contribution in [0.1, 0.15) is 24.5 Å². The molecule has 158 valence electrons. The number of aromatic nitrogens is 6. The van der Waals surface area contributed by atoms with E-state index in [-0.39, 0.29) is 28.9 Å². The molecule has 31 heavy (non-hydrogen) atoms. The number of pyridine rings is 1. The molecule has 0 spiro atoms. The number of piperidine rings is 1. The van der Waals surface area contributed by atoms with E-state index >= 15 is 0 Å². The molecule has 12 heteroatoms. The van der Waals surface area contributed by atoms with Crippen LogP contribution in [0, 0.1) is 11.6 Å². The van der Waals surface area contributed by atoms with Gasteiger partial charge >= 0.3 is 0 Å². The van der Waals surface area contributed by atoms with E-state index in [0.29, 0.717) is 48.9 Å². The molecule has 0 saturated carbocycles. The van der Waals surface area contributed by atoms with E-state index in [2.05, 4.69) is 25.2 Å². The van der Waals surface area contributed by atoms with E-state index in [4.69, 9.17) is 4.52 Å². The molecule has 0 atom stereocenters. The van der Waals surface area contributed by atoms with Crippen molar-refractivity contribution in [3.8, 4) is 23.0 Å². The summed E-state index contributed by atoms with van der Waals surface area (Å²) in [7, 11) is 0. The Morgan fingerprint density at radius 1 is 1.19 bits per heavy atom. The first kappa shape index (κ1) is 19.0. The number of H-pyrrole nitrogens is 1. The van der Waals surface area contributed by atoms with Gasteiger partial charge in [0.2, 0.25) is 12.2 Å². The Morgan fingerprint density at radius 2 is 2.00 bits per heavy atom. The van der Waals surface area contributed by atoms with Crippen molar-refractivity contribution in [2.45, 2.75) is 18.8 Å². The number of hydrogen-bond acceptors (Lipinski definition) is 7. The Balaban J connectivity index is 1.54. The van der Waals surface area contributed by atoms with E-state index in [9.17, 15) is 18.4 Å². The van der Waals surface area contributed by atoms with Gasteiger partial charge in [0.05, 0.1) is 18.1 Å². The molecule has 1 aliphatic rings. The van der Waals surface area contributed by atoms with Gasteiger partial charge in [-0.15, -0.1) is 0 Å². The summed E-state index contributed by atoms with van der Waals surface area (Å²) >= 11 is 0. The van der Waals surface area contributed by atoms with Gasteiger partial charge in [-0.05, 0) is 12.8 Å². The van der Waals surface area contributed by atoms with Crippen LogP contribution in [-0.4, -0.2) is 54.1 Å². The number of carbonyl (C=O) groups excluding carboxylic acids is 1. The van der Waals surface area contributed by atoms with Crippen molar-refractivity contribution < 1.29 is 18.1 Å². The Morgan fingerprint density at radius 3 is 2.74 bits per heavy atom. The minimum absolute atomic E-state index is 0.000834. The number of likely N-dealkylation sites (tertiary alicyclic amines) is 1. The van der Waals surface area contributed by atoms with Crippen LogP contribution < -0.4 is 5.56 Å². The third kappa shape index (κ3) is 3.35. The third-order valence-electron chi connectivity index (χ3n) is 5.31. The van der Waals surface area contributed by atoms with Crippen LogP contribution in [0.15, 0.2) is 33.8 Å². The molecule has 4 aromatic rings. The number of nitrogens with zero attached hydrogens (tertiary/aromatic N) is 6. The smallest absolute Gasteiger partial charge is 0.263 e. The van der Waals surface area contributed by atoms with Gasteiger partial charge in [-0.25, -0.2) is 18.3 Å². The van der Waals surface area contributed by atoms with Gasteiger partial charge in [-0.3, -0.25) is 9.59 Å². The van der Waals surface area contributed by atoms with Crippen molar-refractivity contribution >= 4 is 12.1 Å². The molecule has 1 aliphatic heterocycles. The molecule has 1 fully saturated rings. The molecule has 1 N–H and O–H groups in total. The first-order valence-electron chi connectivity index (χ1n) is 9.49. The maximum atomic E-state index is 14.0. The van der Waals surface area contributed by atoms with E-state index in [1.54, 1.807) is 9.42 Å². The Kier molecular flexibility index (Phi) is 4.53. The monoisotopic (exact) mass is 427 g/mol. The summed E-state index contributed by atoms with van der Waals surface area (Å²) in [5.41, 5.74) is 0.826. The highest BCUT2D eigenvalue weighted by Crippen LogP contribution is 2.30. The second-order valence-corrected chi connectivity index (χ2v) is 7.20. The second kappa shape index (κ2) is 7.38. The highest BCUT2D eigenvalue weighted by molar-refractivity contribution is 5.72. The minimum atomic E-state index is -0.926. The SMILES string of the molecule is O=CN1CCC(c2cc(=O)[nH]c3c(-c4nc(-c5ncc(F)cc5F)no4)cnn23)CC1. The lowest BCUT2D eigenvalue weighted by molar-refractivity contribution is -0.119. The molecule has 1 saturated heterocycles. The van der Waals surface area contributed by atoms with Crippen molar-refractivity contribution in [1.29, 1.82) is 0 Å². The summed E-state index contributed by atoms with van der Waals surface area (Å²) in [4.78, 5) is 35.5. The predicted molar refractivity (Wildman–Crippen MR) is 102 cm³/mol. The fraction of sp³-hybridized carbons (Fsp3) is 0.263. The van der Waals surface area contributed by atoms with Gasteiger partial charge in [0.1, 0.15) is 22.7 Å². The number of rotatable bonds is 4. The van der Waals surface area contributed by atoms with Crippen molar-refractivity contribution in [2.24, 2.45) is 0 Å². The molecule has 0 radical (unpaired) electrons. The molecule has 4 aromatic heterocycles. The number of fused-ring (bicyclic) bond motifs is 1. The van der Waals surface area contributed by atoms with Crippen LogP contribution in [0.2, 0.25) is 0 Å². The van der Waals surface area contributed by atoms with Crippen LogP contribution in [-0.2, 0) is 4.79 Å². The lowest BCUT2D eigenvalue weighted by Crippen LogP contribution is -2.32. The van der Waals surface area contributed by atoms with Crippen molar-refractivity contribution in [3.05, 3.63) is 52.2 Å². The first-order valence-corrected chi connectivity index (χ1v) is 9.49. The van der Waals surface area contributed by atoms with Crippen molar-refractivity contribution in [2.75, 3.05) is 13.1 Å². The number of hydrogen-bond donors (Lipinski definition) is 1. The van der Waals surface area contributed by atoms with Gasteiger partial charge in [-0.2, -0.15) is 10.1 Å². The van der Waals surface area contributed by atoms with Gasteiger partial charge in [0, 0.05) is 31.1 Å². The molecular weight excluding hydrogens is 412 g/mol. The molecule has 5 heterocycles. The third-order valence-corrected chi connectivity index (χ3v) is 5.31. The zero-order valence-electron chi connectivity index (χ0n) is 16.0. The van der Waals surface area contributed by atoms with Crippen LogP contribution in [0.4, 0.5) is 8.78 Å². The number of amides is 1. The summed E-state index contributed by atoms with van der Waals surface area (Å²) < 4.78 is 33.9. The summed E-state index contributed by atoms with van der Waals surface area (Å²) in [6.45, 7) is 1.19. The Bertz CT molecular complexity index is 1340. The van der Waals surface area contributed by atoms with Crippen LogP contribution in [0.25, 0.3) is 28.6 Å². The largest absolute Gasteiger partial charge is 0.345 e. The fourth-order valence-electron chi connectivity index (χ4n) is 3.77. The van der Waals surface area contributed by atoms with Crippen LogP contribution >= 0.6 is 0 Å². The van der Waals surface area contributed by atoms with Gasteiger partial charge in [0.15, 0.2) is 5.82 Å². The average molecular weight is 427 g/mol. The Labute approximate surface area is 172 Å².